The van der Waals surface area contributed by atoms with Crippen LogP contribution < -0.4 is 21.6 Å². The summed E-state index contributed by atoms with van der Waals surface area (Å²) < 4.78 is 1.89. The molecule has 1 saturated carbocycles. The van der Waals surface area contributed by atoms with Crippen LogP contribution in [0.25, 0.3) is 21.8 Å². The van der Waals surface area contributed by atoms with Crippen LogP contribution in [0.4, 0.5) is 11.4 Å². The fourth-order valence-corrected chi connectivity index (χ4v) is 5.22. The third-order valence-electron chi connectivity index (χ3n) is 7.15. The topological polar surface area (TPSA) is 106 Å². The summed E-state index contributed by atoms with van der Waals surface area (Å²) in [6, 6.07) is 12.7. The number of benzene rings is 2. The van der Waals surface area contributed by atoms with Gasteiger partial charge in [0.15, 0.2) is 0 Å². The lowest BCUT2D eigenvalue weighted by molar-refractivity contribution is 0.260. The molecule has 1 fully saturated rings. The summed E-state index contributed by atoms with van der Waals surface area (Å²) in [6.45, 7) is 7.15. The van der Waals surface area contributed by atoms with E-state index < -0.39 is 0 Å². The monoisotopic (exact) mass is 541 g/mol. The van der Waals surface area contributed by atoms with Gasteiger partial charge >= 0.3 is 0 Å². The van der Waals surface area contributed by atoms with E-state index in [9.17, 15) is 5.26 Å². The SMILES string of the molecule is Cn1ncc2c([C@H](Nc3cc(Cl)c4ncc(C#N)c(NCC(C)(C)C)c4c3)C3=CN(C4CC4)NN3)cccc21. The molecule has 3 heterocycles. The van der Waals surface area contributed by atoms with E-state index in [1.54, 1.807) is 6.20 Å². The van der Waals surface area contributed by atoms with Crippen molar-refractivity contribution in [3.05, 3.63) is 70.8 Å². The van der Waals surface area contributed by atoms with E-state index in [4.69, 9.17) is 11.6 Å². The lowest BCUT2D eigenvalue weighted by Crippen LogP contribution is -2.38. The number of aryl methyl sites for hydroxylation is 1. The molecule has 6 rings (SSSR count). The van der Waals surface area contributed by atoms with E-state index in [1.165, 1.54) is 12.8 Å². The minimum absolute atomic E-state index is 0.0243. The number of anilines is 2. The molecule has 4 N–H and O–H groups in total. The van der Waals surface area contributed by atoms with Crippen LogP contribution in [0.5, 0.6) is 0 Å². The molecule has 39 heavy (non-hydrogen) atoms. The molecular weight excluding hydrogens is 510 g/mol. The first-order chi connectivity index (χ1) is 18.7. The Morgan fingerprint density at radius 2 is 2.03 bits per heavy atom. The molecular formula is C29H32ClN9. The minimum atomic E-state index is -0.222. The Bertz CT molecular complexity index is 1640. The third kappa shape index (κ3) is 4.93. The van der Waals surface area contributed by atoms with Gasteiger partial charge < -0.3 is 16.1 Å². The molecule has 10 heteroatoms. The number of hydrogen-bond donors (Lipinski definition) is 4. The molecule has 200 valence electrons. The van der Waals surface area contributed by atoms with Crippen molar-refractivity contribution in [2.45, 2.75) is 45.7 Å². The predicted molar refractivity (Wildman–Crippen MR) is 156 cm³/mol. The molecule has 0 spiro atoms. The van der Waals surface area contributed by atoms with Crippen LogP contribution in [-0.4, -0.2) is 32.4 Å². The molecule has 0 bridgehead atoms. The molecule has 0 radical (unpaired) electrons. The van der Waals surface area contributed by atoms with Gasteiger partial charge in [-0.1, -0.05) is 44.5 Å². The van der Waals surface area contributed by atoms with Gasteiger partial charge in [0.25, 0.3) is 0 Å². The lowest BCUT2D eigenvalue weighted by Gasteiger charge is -2.24. The zero-order chi connectivity index (χ0) is 27.3. The Morgan fingerprint density at radius 3 is 2.77 bits per heavy atom. The quantitative estimate of drug-likeness (QED) is 0.240. The smallest absolute Gasteiger partial charge is 0.103 e. The fourth-order valence-electron chi connectivity index (χ4n) is 4.95. The highest BCUT2D eigenvalue weighted by atomic mass is 35.5. The number of hydrogen-bond acceptors (Lipinski definition) is 8. The van der Waals surface area contributed by atoms with Crippen molar-refractivity contribution in [2.75, 3.05) is 17.2 Å². The predicted octanol–water partition coefficient (Wildman–Crippen LogP) is 5.59. The zero-order valence-electron chi connectivity index (χ0n) is 22.5. The van der Waals surface area contributed by atoms with Crippen molar-refractivity contribution < 1.29 is 0 Å². The Labute approximate surface area is 232 Å². The number of nitrogens with one attached hydrogen (secondary N) is 4. The summed E-state index contributed by atoms with van der Waals surface area (Å²) in [5.74, 6) is 0. The molecule has 2 aromatic carbocycles. The van der Waals surface area contributed by atoms with E-state index in [0.717, 1.165) is 38.9 Å². The average molecular weight is 542 g/mol. The molecule has 4 aromatic rings. The largest absolute Gasteiger partial charge is 0.383 e. The lowest BCUT2D eigenvalue weighted by atomic mass is 9.96. The first-order valence-corrected chi connectivity index (χ1v) is 13.5. The van der Waals surface area contributed by atoms with Crippen molar-refractivity contribution in [3.63, 3.8) is 0 Å². The first-order valence-electron chi connectivity index (χ1n) is 13.2. The summed E-state index contributed by atoms with van der Waals surface area (Å²) in [4.78, 5) is 4.52. The Balaban J connectivity index is 1.45. The third-order valence-corrected chi connectivity index (χ3v) is 7.44. The summed E-state index contributed by atoms with van der Waals surface area (Å²) in [5, 5.41) is 26.1. The maximum atomic E-state index is 9.85. The summed E-state index contributed by atoms with van der Waals surface area (Å²) >= 11 is 6.80. The maximum Gasteiger partial charge on any atom is 0.103 e. The summed E-state index contributed by atoms with van der Waals surface area (Å²) in [7, 11) is 1.95. The second kappa shape index (κ2) is 9.63. The van der Waals surface area contributed by atoms with Gasteiger partial charge in [-0.05, 0) is 42.0 Å². The van der Waals surface area contributed by atoms with E-state index in [-0.39, 0.29) is 11.5 Å². The van der Waals surface area contributed by atoms with Crippen LogP contribution >= 0.6 is 11.6 Å². The van der Waals surface area contributed by atoms with Crippen molar-refractivity contribution in [1.82, 2.24) is 30.7 Å². The maximum absolute atomic E-state index is 9.85. The van der Waals surface area contributed by atoms with Gasteiger partial charge in [-0.25, -0.2) is 0 Å². The first kappa shape index (κ1) is 25.3. The van der Waals surface area contributed by atoms with E-state index in [1.807, 2.05) is 30.1 Å². The van der Waals surface area contributed by atoms with Crippen LogP contribution in [0.3, 0.4) is 0 Å². The fraction of sp³-hybridized carbons (Fsp3) is 0.345. The van der Waals surface area contributed by atoms with Crippen molar-refractivity contribution >= 4 is 44.8 Å². The highest BCUT2D eigenvalue weighted by Crippen LogP contribution is 2.38. The summed E-state index contributed by atoms with van der Waals surface area (Å²) in [5.41, 5.74) is 12.5. The molecule has 9 nitrogen and oxygen atoms in total. The molecule has 1 aliphatic heterocycles. The highest BCUT2D eigenvalue weighted by molar-refractivity contribution is 6.35. The van der Waals surface area contributed by atoms with E-state index >= 15 is 0 Å². The number of aromatic nitrogens is 3. The number of nitriles is 1. The second-order valence-corrected chi connectivity index (χ2v) is 11.9. The number of fused-ring (bicyclic) bond motifs is 2. The molecule has 2 aromatic heterocycles. The van der Waals surface area contributed by atoms with Crippen molar-refractivity contribution in [2.24, 2.45) is 12.5 Å². The molecule has 0 saturated heterocycles. The normalized spacial score (nSPS) is 16.2. The summed E-state index contributed by atoms with van der Waals surface area (Å²) in [6.07, 6.45) is 7.98. The van der Waals surface area contributed by atoms with E-state index in [0.29, 0.717) is 28.7 Å². The van der Waals surface area contributed by atoms with Crippen LogP contribution in [0.1, 0.15) is 50.8 Å². The van der Waals surface area contributed by atoms with Gasteiger partial charge in [0.2, 0.25) is 0 Å². The van der Waals surface area contributed by atoms with Gasteiger partial charge in [0.05, 0.1) is 45.2 Å². The molecule has 2 aliphatic rings. The molecule has 0 amide bonds. The Kier molecular flexibility index (Phi) is 6.25. The zero-order valence-corrected chi connectivity index (χ0v) is 23.3. The van der Waals surface area contributed by atoms with Crippen molar-refractivity contribution in [3.8, 4) is 6.07 Å². The number of halogens is 1. The number of pyridine rings is 1. The number of rotatable bonds is 7. The number of hydrazine groups is 2. The second-order valence-electron chi connectivity index (χ2n) is 11.5. The standard InChI is InChI=1S/C29H32ClN9/c1-29(2,3)16-33-26-17(12-31)13-32-27-21(26)10-18(11-23(27)30)35-28(24-15-39(37-36-24)19-8-9-19)20-6-5-7-25-22(20)14-34-38(25)4/h5-7,10-11,13-15,19,28,35-37H,8-9,16H2,1-4H3,(H,32,33)/t28-/m0/s1. The molecule has 1 atom stereocenters. The van der Waals surface area contributed by atoms with Crippen LogP contribution in [0, 0.1) is 16.7 Å². The average Bonchev–Trinajstić information content (AvgIpc) is 3.52. The van der Waals surface area contributed by atoms with Crippen LogP contribution in [0.15, 0.2) is 54.6 Å². The Morgan fingerprint density at radius 1 is 1.21 bits per heavy atom. The van der Waals surface area contributed by atoms with E-state index in [2.05, 4.69) is 87.9 Å². The highest BCUT2D eigenvalue weighted by Gasteiger charge is 2.33. The Hall–Kier alpha value is -4.00. The number of nitrogens with zero attached hydrogens (tertiary/aromatic N) is 5. The van der Waals surface area contributed by atoms with Gasteiger partial charge in [0.1, 0.15) is 6.07 Å². The van der Waals surface area contributed by atoms with Gasteiger partial charge in [-0.3, -0.25) is 14.7 Å². The van der Waals surface area contributed by atoms with Crippen LogP contribution in [-0.2, 0) is 7.05 Å². The van der Waals surface area contributed by atoms with Gasteiger partial charge in [0, 0.05) is 48.5 Å². The van der Waals surface area contributed by atoms with Crippen LogP contribution in [0.2, 0.25) is 5.02 Å². The van der Waals surface area contributed by atoms with Crippen molar-refractivity contribution in [1.29, 1.82) is 5.26 Å². The molecule has 1 aliphatic carbocycles. The van der Waals surface area contributed by atoms with Gasteiger partial charge in [-0.2, -0.15) is 10.4 Å². The van der Waals surface area contributed by atoms with Gasteiger partial charge in [-0.15, -0.1) is 5.53 Å². The minimum Gasteiger partial charge on any atom is -0.383 e. The molecule has 0 unspecified atom stereocenters.